The van der Waals surface area contributed by atoms with Crippen molar-refractivity contribution in [2.24, 2.45) is 11.8 Å². The molecule has 0 aromatic heterocycles. The molecule has 0 saturated heterocycles. The minimum atomic E-state index is -1.05. The zero-order chi connectivity index (χ0) is 37.9. The van der Waals surface area contributed by atoms with Crippen LogP contribution in [0.1, 0.15) is 70.7 Å². The number of methoxy groups -OCH3 is 2. The fourth-order valence-electron chi connectivity index (χ4n) is 6.37. The Morgan fingerprint density at radius 1 is 0.660 bits per heavy atom. The lowest BCUT2D eigenvalue weighted by molar-refractivity contribution is 0.0105. The molecular formula is C44H64N2O4. The maximum absolute atomic E-state index is 12.0. The predicted molar refractivity (Wildman–Crippen MR) is 213 cm³/mol. The fraction of sp³-hybridized carbons (Fsp3) is 0.455. The van der Waals surface area contributed by atoms with E-state index in [-0.39, 0.29) is 17.3 Å². The van der Waals surface area contributed by atoms with E-state index in [1.54, 1.807) is 20.3 Å². The highest BCUT2D eigenvalue weighted by Gasteiger charge is 2.38. The van der Waals surface area contributed by atoms with Crippen molar-refractivity contribution in [1.29, 1.82) is 0 Å². The summed E-state index contributed by atoms with van der Waals surface area (Å²) in [5.74, 6) is 1.73. The van der Waals surface area contributed by atoms with Crippen LogP contribution in [0.5, 0.6) is 11.5 Å². The van der Waals surface area contributed by atoms with Gasteiger partial charge in [-0.15, -0.1) is 0 Å². The number of benzene rings is 3. The van der Waals surface area contributed by atoms with Gasteiger partial charge in [0.2, 0.25) is 0 Å². The zero-order valence-corrected chi connectivity index (χ0v) is 33.0. The molecule has 4 unspecified atom stereocenters. The molecule has 0 fully saturated rings. The number of rotatable bonds is 14. The van der Waals surface area contributed by atoms with Crippen LogP contribution in [0.4, 0.5) is 0 Å². The van der Waals surface area contributed by atoms with Crippen LogP contribution in [0.3, 0.4) is 0 Å². The summed E-state index contributed by atoms with van der Waals surface area (Å²) in [6, 6.07) is 24.1. The SMILES string of the molecule is C=CC(O)(C(C)=Cc1ccc(OC)cc1)C(C)CN(C)C.COc1ccc(C=C(C)C(O)(c2ccc(C(C)(C)C)cc2)C(C)CN(C)C)cc1. The molecule has 0 bridgehead atoms. The second kappa shape index (κ2) is 18.5. The zero-order valence-electron chi connectivity index (χ0n) is 33.0. The van der Waals surface area contributed by atoms with Gasteiger partial charge in [0.25, 0.3) is 0 Å². The number of aliphatic hydroxyl groups is 2. The Morgan fingerprint density at radius 3 is 1.40 bits per heavy atom. The lowest BCUT2D eigenvalue weighted by Crippen LogP contribution is -2.40. The molecule has 274 valence electrons. The van der Waals surface area contributed by atoms with Crippen molar-refractivity contribution in [3.8, 4) is 11.5 Å². The largest absolute Gasteiger partial charge is 0.497 e. The number of hydrogen-bond donors (Lipinski definition) is 2. The Labute approximate surface area is 303 Å². The average molecular weight is 685 g/mol. The maximum atomic E-state index is 12.0. The Hall–Kier alpha value is -3.68. The first-order valence-corrected chi connectivity index (χ1v) is 17.5. The average Bonchev–Trinajstić information content (AvgIpc) is 3.07. The van der Waals surface area contributed by atoms with E-state index in [4.69, 9.17) is 9.47 Å². The standard InChI is InChI=1S/C26H37NO2.C18H27NO2/c1-19(17-21-9-15-24(29-8)16-10-21)26(28,20(2)18-27(6)7)23-13-11-22(12-14-23)25(3,4)5;1-7-18(20,15(3)13-19(4)5)14(2)12-16-8-10-17(21-6)11-9-16/h9-17,20,28H,18H2,1-8H3;7-12,15,20H,1,13H2,2-6H3. The van der Waals surface area contributed by atoms with Gasteiger partial charge >= 0.3 is 0 Å². The van der Waals surface area contributed by atoms with Gasteiger partial charge in [-0.1, -0.05) is 108 Å². The van der Waals surface area contributed by atoms with Crippen molar-refractivity contribution in [3.63, 3.8) is 0 Å². The van der Waals surface area contributed by atoms with Gasteiger partial charge in [0, 0.05) is 24.9 Å². The smallest absolute Gasteiger partial charge is 0.118 e. The highest BCUT2D eigenvalue weighted by molar-refractivity contribution is 5.58. The van der Waals surface area contributed by atoms with Crippen LogP contribution >= 0.6 is 0 Å². The topological polar surface area (TPSA) is 65.4 Å². The highest BCUT2D eigenvalue weighted by Crippen LogP contribution is 2.39. The third-order valence-corrected chi connectivity index (χ3v) is 9.48. The van der Waals surface area contributed by atoms with E-state index in [2.05, 4.69) is 74.4 Å². The van der Waals surface area contributed by atoms with Gasteiger partial charge in [-0.3, -0.25) is 0 Å². The van der Waals surface area contributed by atoms with E-state index in [1.807, 2.05) is 104 Å². The molecular weight excluding hydrogens is 620 g/mol. The van der Waals surface area contributed by atoms with Crippen molar-refractivity contribution in [1.82, 2.24) is 9.80 Å². The van der Waals surface area contributed by atoms with Crippen LogP contribution < -0.4 is 9.47 Å². The maximum Gasteiger partial charge on any atom is 0.118 e. The fourth-order valence-corrected chi connectivity index (χ4v) is 6.37. The Morgan fingerprint density at radius 2 is 1.04 bits per heavy atom. The van der Waals surface area contributed by atoms with Crippen LogP contribution in [-0.4, -0.2) is 81.1 Å². The summed E-state index contributed by atoms with van der Waals surface area (Å²) < 4.78 is 10.4. The molecule has 0 aliphatic heterocycles. The number of ether oxygens (including phenoxy) is 2. The van der Waals surface area contributed by atoms with Gasteiger partial charge in [0.15, 0.2) is 0 Å². The third-order valence-electron chi connectivity index (χ3n) is 9.48. The summed E-state index contributed by atoms with van der Waals surface area (Å²) in [5.41, 5.74) is 4.11. The number of hydrogen-bond acceptors (Lipinski definition) is 6. The highest BCUT2D eigenvalue weighted by atomic mass is 16.5. The summed E-state index contributed by atoms with van der Waals surface area (Å²) in [7, 11) is 11.4. The van der Waals surface area contributed by atoms with Crippen molar-refractivity contribution >= 4 is 12.2 Å². The Bertz CT molecular complexity index is 1530. The van der Waals surface area contributed by atoms with Crippen molar-refractivity contribution < 1.29 is 19.7 Å². The first-order chi connectivity index (χ1) is 23.3. The molecule has 3 rings (SSSR count). The predicted octanol–water partition coefficient (Wildman–Crippen LogP) is 8.69. The van der Waals surface area contributed by atoms with Crippen molar-refractivity contribution in [2.75, 3.05) is 55.5 Å². The van der Waals surface area contributed by atoms with Gasteiger partial charge in [0.1, 0.15) is 22.7 Å². The summed E-state index contributed by atoms with van der Waals surface area (Å²) in [5, 5.41) is 22.9. The monoisotopic (exact) mass is 684 g/mol. The van der Waals surface area contributed by atoms with Crippen LogP contribution in [0.2, 0.25) is 0 Å². The van der Waals surface area contributed by atoms with E-state index in [1.165, 1.54) is 5.56 Å². The molecule has 0 spiro atoms. The minimum Gasteiger partial charge on any atom is -0.497 e. The lowest BCUT2D eigenvalue weighted by Gasteiger charge is -2.38. The van der Waals surface area contributed by atoms with E-state index < -0.39 is 11.2 Å². The van der Waals surface area contributed by atoms with Crippen molar-refractivity contribution in [3.05, 3.63) is 119 Å². The van der Waals surface area contributed by atoms with E-state index in [0.29, 0.717) is 0 Å². The molecule has 3 aromatic rings. The molecule has 0 saturated carbocycles. The minimum absolute atomic E-state index is 0.0208. The molecule has 0 radical (unpaired) electrons. The molecule has 3 aromatic carbocycles. The van der Waals surface area contributed by atoms with Gasteiger partial charge in [-0.05, 0) is 105 Å². The molecule has 0 amide bonds. The molecule has 50 heavy (non-hydrogen) atoms. The Balaban J connectivity index is 0.000000366. The van der Waals surface area contributed by atoms with E-state index in [0.717, 1.165) is 52.4 Å². The van der Waals surface area contributed by atoms with Crippen LogP contribution in [-0.2, 0) is 11.0 Å². The molecule has 4 atom stereocenters. The van der Waals surface area contributed by atoms with E-state index >= 15 is 0 Å². The first-order valence-electron chi connectivity index (χ1n) is 17.5. The molecule has 0 aliphatic rings. The van der Waals surface area contributed by atoms with Crippen molar-refractivity contribution in [2.45, 2.75) is 65.1 Å². The molecule has 0 heterocycles. The quantitative estimate of drug-likeness (QED) is 0.166. The summed E-state index contributed by atoms with van der Waals surface area (Å²) in [6.45, 7) is 20.1. The lowest BCUT2D eigenvalue weighted by atomic mass is 9.75. The third kappa shape index (κ3) is 11.4. The molecule has 6 nitrogen and oxygen atoms in total. The molecule has 6 heteroatoms. The van der Waals surface area contributed by atoms with Gasteiger partial charge in [-0.2, -0.15) is 0 Å². The summed E-state index contributed by atoms with van der Waals surface area (Å²) >= 11 is 0. The second-order valence-corrected chi connectivity index (χ2v) is 15.2. The van der Waals surface area contributed by atoms with Crippen LogP contribution in [0.15, 0.2) is 96.6 Å². The summed E-state index contributed by atoms with van der Waals surface area (Å²) in [4.78, 5) is 4.19. The Kier molecular flexibility index (Phi) is 15.7. The number of nitrogens with zero attached hydrogens (tertiary/aromatic N) is 2. The van der Waals surface area contributed by atoms with Crippen LogP contribution in [0, 0.1) is 11.8 Å². The van der Waals surface area contributed by atoms with Crippen LogP contribution in [0.25, 0.3) is 12.2 Å². The van der Waals surface area contributed by atoms with Gasteiger partial charge < -0.3 is 29.5 Å². The van der Waals surface area contributed by atoms with Gasteiger partial charge in [-0.25, -0.2) is 0 Å². The van der Waals surface area contributed by atoms with Gasteiger partial charge in [0.05, 0.1) is 14.2 Å². The normalized spacial score (nSPS) is 16.1. The first kappa shape index (κ1) is 42.5. The van der Waals surface area contributed by atoms with E-state index in [9.17, 15) is 10.2 Å². The second-order valence-electron chi connectivity index (χ2n) is 15.2. The molecule has 2 N–H and O–H groups in total. The summed E-state index contributed by atoms with van der Waals surface area (Å²) in [6.07, 6.45) is 5.70. The molecule has 0 aliphatic carbocycles.